The molecule has 3 atom stereocenters. The zero-order valence-corrected chi connectivity index (χ0v) is 12.5. The second kappa shape index (κ2) is 4.71. The number of carbonyl (C=O) groups is 1. The van der Waals surface area contributed by atoms with Gasteiger partial charge in [-0.1, -0.05) is 30.3 Å². The summed E-state index contributed by atoms with van der Waals surface area (Å²) in [5.41, 5.74) is -0.0388. The monoisotopic (exact) mass is 290 g/mol. The largest absolute Gasteiger partial charge is 0.465 e. The first-order valence-electron chi connectivity index (χ1n) is 7.33. The molecule has 1 amide bonds. The molecule has 3 rings (SSSR count). The Bertz CT molecular complexity index is 550. The van der Waals surface area contributed by atoms with E-state index in [-0.39, 0.29) is 0 Å². The molecule has 5 heteroatoms. The number of aliphatic hydroxyl groups is 1. The van der Waals surface area contributed by atoms with Gasteiger partial charge in [0.05, 0.1) is 17.2 Å². The highest BCUT2D eigenvalue weighted by Gasteiger charge is 2.62. The van der Waals surface area contributed by atoms with Gasteiger partial charge in [0.15, 0.2) is 0 Å². The maximum absolute atomic E-state index is 11.6. The third kappa shape index (κ3) is 2.21. The van der Waals surface area contributed by atoms with Crippen LogP contribution < -0.4 is 0 Å². The minimum atomic E-state index is -0.934. The Balaban J connectivity index is 1.86. The zero-order chi connectivity index (χ0) is 15.3. The molecule has 21 heavy (non-hydrogen) atoms. The molecular weight excluding hydrogens is 268 g/mol. The quantitative estimate of drug-likeness (QED) is 0.871. The molecule has 3 unspecified atom stereocenters. The summed E-state index contributed by atoms with van der Waals surface area (Å²) < 4.78 is 0. The maximum atomic E-state index is 11.6. The minimum Gasteiger partial charge on any atom is -0.465 e. The van der Waals surface area contributed by atoms with Crippen LogP contribution in [0.5, 0.6) is 0 Å². The van der Waals surface area contributed by atoms with Gasteiger partial charge < -0.3 is 10.2 Å². The van der Waals surface area contributed by atoms with Gasteiger partial charge in [-0.25, -0.2) is 4.79 Å². The van der Waals surface area contributed by atoms with E-state index >= 15 is 0 Å². The van der Waals surface area contributed by atoms with Crippen LogP contribution >= 0.6 is 0 Å². The van der Waals surface area contributed by atoms with E-state index in [1.165, 1.54) is 10.5 Å². The van der Waals surface area contributed by atoms with Gasteiger partial charge in [0.1, 0.15) is 0 Å². The van der Waals surface area contributed by atoms with E-state index in [2.05, 4.69) is 17.0 Å². The summed E-state index contributed by atoms with van der Waals surface area (Å²) in [5.74, 6) is 0. The number of amides is 1. The van der Waals surface area contributed by atoms with Gasteiger partial charge in [0, 0.05) is 26.1 Å². The van der Waals surface area contributed by atoms with E-state index in [4.69, 9.17) is 0 Å². The highest BCUT2D eigenvalue weighted by atomic mass is 16.4. The second-order valence-corrected chi connectivity index (χ2v) is 6.82. The summed E-state index contributed by atoms with van der Waals surface area (Å²) in [6.07, 6.45) is -1.04. The Hall–Kier alpha value is -1.59. The molecule has 1 aromatic rings. The molecule has 0 aliphatic carbocycles. The molecule has 114 valence electrons. The van der Waals surface area contributed by atoms with Crippen molar-refractivity contribution in [2.75, 3.05) is 13.1 Å². The van der Waals surface area contributed by atoms with Crippen molar-refractivity contribution < 1.29 is 15.0 Å². The first-order chi connectivity index (χ1) is 9.85. The summed E-state index contributed by atoms with van der Waals surface area (Å²) in [5, 5.41) is 19.9. The van der Waals surface area contributed by atoms with Crippen LogP contribution in [0, 0.1) is 0 Å². The van der Waals surface area contributed by atoms with E-state index in [0.29, 0.717) is 19.5 Å². The van der Waals surface area contributed by atoms with E-state index in [1.807, 2.05) is 32.0 Å². The summed E-state index contributed by atoms with van der Waals surface area (Å²) in [6, 6.07) is 10.2. The predicted octanol–water partition coefficient (Wildman–Crippen LogP) is 1.76. The van der Waals surface area contributed by atoms with Gasteiger partial charge in [-0.05, 0) is 19.4 Å². The topological polar surface area (TPSA) is 64.0 Å². The van der Waals surface area contributed by atoms with Gasteiger partial charge in [-0.3, -0.25) is 9.80 Å². The van der Waals surface area contributed by atoms with E-state index < -0.39 is 23.3 Å². The van der Waals surface area contributed by atoms with Crippen LogP contribution in [0.2, 0.25) is 0 Å². The van der Waals surface area contributed by atoms with Crippen LogP contribution in [0.3, 0.4) is 0 Å². The van der Waals surface area contributed by atoms with Crippen molar-refractivity contribution in [3.63, 3.8) is 0 Å². The van der Waals surface area contributed by atoms with Crippen LogP contribution in [0.25, 0.3) is 0 Å². The lowest BCUT2D eigenvalue weighted by Crippen LogP contribution is -2.67. The van der Waals surface area contributed by atoms with Crippen LogP contribution in [0.15, 0.2) is 30.3 Å². The Morgan fingerprint density at radius 1 is 1.29 bits per heavy atom. The summed E-state index contributed by atoms with van der Waals surface area (Å²) >= 11 is 0. The fraction of sp³-hybridized carbons (Fsp3) is 0.562. The zero-order valence-electron chi connectivity index (χ0n) is 12.5. The van der Waals surface area contributed by atoms with E-state index in [0.717, 1.165) is 6.54 Å². The third-order valence-corrected chi connectivity index (χ3v) is 4.95. The molecule has 0 spiro atoms. The van der Waals surface area contributed by atoms with Crippen molar-refractivity contribution in [3.8, 4) is 0 Å². The molecule has 2 aliphatic rings. The molecular formula is C16H22N2O3. The lowest BCUT2D eigenvalue weighted by molar-refractivity contribution is -0.0463. The molecule has 5 nitrogen and oxygen atoms in total. The molecule has 2 N–H and O–H groups in total. The molecule has 2 aliphatic heterocycles. The molecule has 2 bridgehead atoms. The third-order valence-electron chi connectivity index (χ3n) is 4.95. The molecule has 1 aromatic carbocycles. The van der Waals surface area contributed by atoms with Crippen molar-refractivity contribution in [1.82, 2.24) is 9.80 Å². The van der Waals surface area contributed by atoms with E-state index in [9.17, 15) is 15.0 Å². The highest BCUT2D eigenvalue weighted by molar-refractivity contribution is 5.69. The Morgan fingerprint density at radius 2 is 1.95 bits per heavy atom. The number of hydrogen-bond donors (Lipinski definition) is 2. The predicted molar refractivity (Wildman–Crippen MR) is 79.0 cm³/mol. The number of carboxylic acid groups (broad SMARTS) is 1. The standard InChI is InChI=1S/C16H22N2O3/c1-15-8-13(19)16(2,18(15)14(20)21)11-17(10-15)9-12-6-4-3-5-7-12/h3-7,13,19H,8-11H2,1-2H3,(H,20,21). The number of hydrogen-bond acceptors (Lipinski definition) is 3. The lowest BCUT2D eigenvalue weighted by atomic mass is 9.94. The average molecular weight is 290 g/mol. The van der Waals surface area contributed by atoms with E-state index in [1.54, 1.807) is 0 Å². The molecule has 0 radical (unpaired) electrons. The number of rotatable bonds is 2. The number of piperazine rings is 1. The van der Waals surface area contributed by atoms with Gasteiger partial charge in [-0.15, -0.1) is 0 Å². The number of benzene rings is 1. The fourth-order valence-electron chi connectivity index (χ4n) is 4.20. The van der Waals surface area contributed by atoms with Crippen molar-refractivity contribution >= 4 is 6.09 Å². The van der Waals surface area contributed by atoms with Crippen LogP contribution in [-0.2, 0) is 6.54 Å². The average Bonchev–Trinajstić information content (AvgIpc) is 2.50. The van der Waals surface area contributed by atoms with Gasteiger partial charge >= 0.3 is 6.09 Å². The van der Waals surface area contributed by atoms with Gasteiger partial charge in [0.25, 0.3) is 0 Å². The lowest BCUT2D eigenvalue weighted by Gasteiger charge is -2.51. The number of aliphatic hydroxyl groups excluding tert-OH is 1. The van der Waals surface area contributed by atoms with Crippen molar-refractivity contribution in [2.24, 2.45) is 0 Å². The van der Waals surface area contributed by atoms with Crippen LogP contribution in [0.1, 0.15) is 25.8 Å². The normalized spacial score (nSPS) is 36.0. The summed E-state index contributed by atoms with van der Waals surface area (Å²) in [4.78, 5) is 15.4. The van der Waals surface area contributed by atoms with Crippen molar-refractivity contribution in [3.05, 3.63) is 35.9 Å². The van der Waals surface area contributed by atoms with Crippen LogP contribution in [0.4, 0.5) is 4.79 Å². The fourth-order valence-corrected chi connectivity index (χ4v) is 4.20. The number of fused-ring (bicyclic) bond motifs is 2. The Kier molecular flexibility index (Phi) is 3.22. The summed E-state index contributed by atoms with van der Waals surface area (Å²) in [6.45, 7) is 5.79. The summed E-state index contributed by atoms with van der Waals surface area (Å²) in [7, 11) is 0. The maximum Gasteiger partial charge on any atom is 0.408 e. The SMILES string of the molecule is CC12CC(O)C(C)(CN(Cc3ccccc3)C1)N2C(=O)O. The second-order valence-electron chi connectivity index (χ2n) is 6.82. The highest BCUT2D eigenvalue weighted by Crippen LogP contribution is 2.46. The smallest absolute Gasteiger partial charge is 0.408 e. The van der Waals surface area contributed by atoms with Gasteiger partial charge in [0.2, 0.25) is 0 Å². The van der Waals surface area contributed by atoms with Crippen LogP contribution in [-0.4, -0.2) is 56.4 Å². The molecule has 2 saturated heterocycles. The van der Waals surface area contributed by atoms with Crippen molar-refractivity contribution in [1.29, 1.82) is 0 Å². The van der Waals surface area contributed by atoms with Crippen molar-refractivity contribution in [2.45, 2.75) is 44.0 Å². The Labute approximate surface area is 124 Å². The molecule has 0 aromatic heterocycles. The Morgan fingerprint density at radius 3 is 2.52 bits per heavy atom. The minimum absolute atomic E-state index is 0.501. The first kappa shape index (κ1) is 14.4. The number of nitrogens with zero attached hydrogens (tertiary/aromatic N) is 2. The van der Waals surface area contributed by atoms with Gasteiger partial charge in [-0.2, -0.15) is 0 Å². The molecule has 2 fully saturated rings. The molecule has 2 heterocycles. The molecule has 0 saturated carbocycles. The first-order valence-corrected chi connectivity index (χ1v) is 7.33. The number of likely N-dealkylation sites (tertiary alicyclic amines) is 1.